The summed E-state index contributed by atoms with van der Waals surface area (Å²) in [4.78, 5) is 23.5. The highest BCUT2D eigenvalue weighted by atomic mass is 32.2. The average molecular weight is 344 g/mol. The first-order chi connectivity index (χ1) is 10.8. The Labute approximate surface area is 135 Å². The van der Waals surface area contributed by atoms with Gasteiger partial charge in [0.15, 0.2) is 6.10 Å². The van der Waals surface area contributed by atoms with Gasteiger partial charge in [-0.15, -0.1) is 0 Å². The minimum absolute atomic E-state index is 0.114. The zero-order valence-corrected chi connectivity index (χ0v) is 14.3. The monoisotopic (exact) mass is 344 g/mol. The maximum Gasteiger partial charge on any atom is 0.337 e. The Hall–Kier alpha value is -1.93. The second-order valence-electron chi connectivity index (χ2n) is 4.85. The van der Waals surface area contributed by atoms with Crippen LogP contribution in [-0.4, -0.2) is 40.7 Å². The molecular formula is C15H20O7S. The number of rotatable bonds is 7. The largest absolute Gasteiger partial charge is 0.469 e. The highest BCUT2D eigenvalue weighted by Gasteiger charge is 2.39. The van der Waals surface area contributed by atoms with Gasteiger partial charge in [0.1, 0.15) is 0 Å². The molecule has 1 rings (SSSR count). The molecule has 1 aromatic rings. The van der Waals surface area contributed by atoms with Gasteiger partial charge >= 0.3 is 11.9 Å². The molecule has 0 unspecified atom stereocenters. The fraction of sp³-hybridized carbons (Fsp3) is 0.467. The van der Waals surface area contributed by atoms with Crippen LogP contribution in [0.15, 0.2) is 29.2 Å². The predicted molar refractivity (Wildman–Crippen MR) is 81.1 cm³/mol. The Balaban J connectivity index is 3.16. The summed E-state index contributed by atoms with van der Waals surface area (Å²) in [7, 11) is -2.01. The van der Waals surface area contributed by atoms with Crippen LogP contribution in [0.25, 0.3) is 0 Å². The van der Waals surface area contributed by atoms with E-state index in [1.165, 1.54) is 12.1 Å². The zero-order valence-electron chi connectivity index (χ0n) is 13.4. The fourth-order valence-corrected chi connectivity index (χ4v) is 3.01. The van der Waals surface area contributed by atoms with E-state index in [9.17, 15) is 18.0 Å². The van der Waals surface area contributed by atoms with Crippen LogP contribution < -0.4 is 0 Å². The highest BCUT2D eigenvalue weighted by molar-refractivity contribution is 7.86. The summed E-state index contributed by atoms with van der Waals surface area (Å²) in [5, 5.41) is 0. The van der Waals surface area contributed by atoms with Gasteiger partial charge in [-0.1, -0.05) is 24.6 Å². The molecule has 0 saturated heterocycles. The summed E-state index contributed by atoms with van der Waals surface area (Å²) in [5.41, 5.74) is 0.870. The van der Waals surface area contributed by atoms with Crippen LogP contribution in [0.3, 0.4) is 0 Å². The molecule has 23 heavy (non-hydrogen) atoms. The molecule has 8 heteroatoms. The Morgan fingerprint density at radius 1 is 1.04 bits per heavy atom. The van der Waals surface area contributed by atoms with Gasteiger partial charge in [0.25, 0.3) is 10.1 Å². The molecule has 0 aliphatic carbocycles. The van der Waals surface area contributed by atoms with E-state index in [1.54, 1.807) is 26.0 Å². The molecule has 128 valence electrons. The first-order valence-corrected chi connectivity index (χ1v) is 8.33. The van der Waals surface area contributed by atoms with E-state index in [0.29, 0.717) is 0 Å². The average Bonchev–Trinajstić information content (AvgIpc) is 2.53. The summed E-state index contributed by atoms with van der Waals surface area (Å²) in [6.45, 7) is 3.41. The van der Waals surface area contributed by atoms with Gasteiger partial charge in [0.05, 0.1) is 25.0 Å². The fourth-order valence-electron chi connectivity index (χ4n) is 1.94. The first kappa shape index (κ1) is 19.1. The third-order valence-corrected chi connectivity index (χ3v) is 4.59. The van der Waals surface area contributed by atoms with Crippen molar-refractivity contribution >= 4 is 22.1 Å². The van der Waals surface area contributed by atoms with Crippen molar-refractivity contribution in [3.8, 4) is 0 Å². The van der Waals surface area contributed by atoms with Crippen LogP contribution in [0, 0.1) is 12.8 Å². The Morgan fingerprint density at radius 2 is 1.57 bits per heavy atom. The molecule has 0 aliphatic rings. The second-order valence-corrected chi connectivity index (χ2v) is 6.42. The molecule has 1 aromatic carbocycles. The number of aryl methyl sites for hydroxylation is 1. The second kappa shape index (κ2) is 8.07. The number of benzene rings is 1. The number of hydrogen-bond acceptors (Lipinski definition) is 7. The standard InChI is InChI=1S/C15H20O7S/c1-5-12(14(16)20-3)13(15(17)21-4)22-23(18,19)11-8-6-10(2)7-9-11/h6-9,12-13H,5H2,1-4H3/t12-,13+/m0/s1. The topological polar surface area (TPSA) is 96.0 Å². The number of hydrogen-bond donors (Lipinski definition) is 0. The number of ether oxygens (including phenoxy) is 2. The first-order valence-electron chi connectivity index (χ1n) is 6.92. The number of carbonyl (C=O) groups excluding carboxylic acids is 2. The van der Waals surface area contributed by atoms with Gasteiger partial charge in [-0.25, -0.2) is 4.79 Å². The number of methoxy groups -OCH3 is 2. The lowest BCUT2D eigenvalue weighted by atomic mass is 10.00. The van der Waals surface area contributed by atoms with Crippen molar-refractivity contribution in [2.45, 2.75) is 31.3 Å². The Bertz CT molecular complexity index is 649. The van der Waals surface area contributed by atoms with E-state index in [-0.39, 0.29) is 11.3 Å². The van der Waals surface area contributed by atoms with E-state index in [4.69, 9.17) is 4.18 Å². The van der Waals surface area contributed by atoms with E-state index >= 15 is 0 Å². The van der Waals surface area contributed by atoms with Crippen LogP contribution >= 0.6 is 0 Å². The summed E-state index contributed by atoms with van der Waals surface area (Å²) < 4.78 is 38.8. The summed E-state index contributed by atoms with van der Waals surface area (Å²) in [6.07, 6.45) is -1.46. The van der Waals surface area contributed by atoms with Crippen LogP contribution in [0.4, 0.5) is 0 Å². The maximum atomic E-state index is 12.3. The number of carbonyl (C=O) groups is 2. The zero-order chi connectivity index (χ0) is 17.6. The van der Waals surface area contributed by atoms with Crippen molar-refractivity contribution in [2.24, 2.45) is 5.92 Å². The quantitative estimate of drug-likeness (QED) is 0.545. The maximum absolute atomic E-state index is 12.3. The molecular weight excluding hydrogens is 324 g/mol. The van der Waals surface area contributed by atoms with Crippen LogP contribution in [-0.2, 0) is 33.4 Å². The molecule has 0 aliphatic heterocycles. The molecule has 0 fully saturated rings. The van der Waals surface area contributed by atoms with Crippen molar-refractivity contribution in [1.82, 2.24) is 0 Å². The molecule has 0 N–H and O–H groups in total. The van der Waals surface area contributed by atoms with Gasteiger partial charge in [0, 0.05) is 0 Å². The molecule has 0 heterocycles. The molecule has 0 bridgehead atoms. The van der Waals surface area contributed by atoms with Crippen molar-refractivity contribution in [2.75, 3.05) is 14.2 Å². The Morgan fingerprint density at radius 3 is 2.00 bits per heavy atom. The Kier molecular flexibility index (Phi) is 6.71. The van der Waals surface area contributed by atoms with Gasteiger partial charge in [-0.2, -0.15) is 8.42 Å². The van der Waals surface area contributed by atoms with Crippen LogP contribution in [0.2, 0.25) is 0 Å². The van der Waals surface area contributed by atoms with Gasteiger partial charge in [-0.3, -0.25) is 8.98 Å². The molecule has 0 amide bonds. The van der Waals surface area contributed by atoms with Gasteiger partial charge < -0.3 is 9.47 Å². The lowest BCUT2D eigenvalue weighted by Crippen LogP contribution is -2.39. The normalized spacial score (nSPS) is 13.9. The van der Waals surface area contributed by atoms with Crippen molar-refractivity contribution in [3.63, 3.8) is 0 Å². The predicted octanol–water partition coefficient (Wildman–Crippen LogP) is 1.44. The summed E-state index contributed by atoms with van der Waals surface area (Å²) in [6, 6.07) is 5.91. The molecule has 0 radical (unpaired) electrons. The van der Waals surface area contributed by atoms with E-state index < -0.39 is 34.1 Å². The molecule has 0 saturated carbocycles. The minimum atomic E-state index is -4.24. The molecule has 0 spiro atoms. The molecule has 7 nitrogen and oxygen atoms in total. The van der Waals surface area contributed by atoms with Gasteiger partial charge in [-0.05, 0) is 25.5 Å². The molecule has 0 aromatic heterocycles. The van der Waals surface area contributed by atoms with Crippen molar-refractivity contribution in [3.05, 3.63) is 29.8 Å². The number of esters is 2. The van der Waals surface area contributed by atoms with Crippen LogP contribution in [0.5, 0.6) is 0 Å². The molecule has 2 atom stereocenters. The summed E-state index contributed by atoms with van der Waals surface area (Å²) >= 11 is 0. The third-order valence-electron chi connectivity index (χ3n) is 3.28. The third kappa shape index (κ3) is 4.77. The van der Waals surface area contributed by atoms with E-state index in [0.717, 1.165) is 19.8 Å². The SMILES string of the molecule is CC[C@H](C(=O)OC)[C@@H](OS(=O)(=O)c1ccc(C)cc1)C(=O)OC. The van der Waals surface area contributed by atoms with Crippen LogP contribution in [0.1, 0.15) is 18.9 Å². The smallest absolute Gasteiger partial charge is 0.337 e. The van der Waals surface area contributed by atoms with Crippen molar-refractivity contribution in [1.29, 1.82) is 0 Å². The lowest BCUT2D eigenvalue weighted by molar-refractivity contribution is -0.161. The minimum Gasteiger partial charge on any atom is -0.469 e. The van der Waals surface area contributed by atoms with Crippen molar-refractivity contribution < 1.29 is 31.7 Å². The van der Waals surface area contributed by atoms with E-state index in [2.05, 4.69) is 9.47 Å². The van der Waals surface area contributed by atoms with Gasteiger partial charge in [0.2, 0.25) is 0 Å². The van der Waals surface area contributed by atoms with E-state index in [1.807, 2.05) is 0 Å². The summed E-state index contributed by atoms with van der Waals surface area (Å²) in [5.74, 6) is -2.80. The lowest BCUT2D eigenvalue weighted by Gasteiger charge is -2.21. The highest BCUT2D eigenvalue weighted by Crippen LogP contribution is 2.22.